The van der Waals surface area contributed by atoms with Crippen molar-refractivity contribution in [2.24, 2.45) is 0 Å². The number of aryl methyl sites for hydroxylation is 2. The Labute approximate surface area is 152 Å². The van der Waals surface area contributed by atoms with Gasteiger partial charge in [-0.05, 0) is 42.7 Å². The molecule has 25 heavy (non-hydrogen) atoms. The number of rotatable bonds is 8. The van der Waals surface area contributed by atoms with E-state index in [1.165, 1.54) is 16.9 Å². The SMILES string of the molecule is CCCc1cc(C(=O)OCC(=O)NCc2ccc(OC)cc2)sc1C. The first-order valence-electron chi connectivity index (χ1n) is 8.19. The fourth-order valence-corrected chi connectivity index (χ4v) is 3.30. The molecule has 6 heteroatoms. The number of carbonyl (C=O) groups excluding carboxylic acids is 2. The Hall–Kier alpha value is -2.34. The Kier molecular flexibility index (Phi) is 7.01. The number of thiophene rings is 1. The Balaban J connectivity index is 1.78. The van der Waals surface area contributed by atoms with E-state index in [2.05, 4.69) is 12.2 Å². The third kappa shape index (κ3) is 5.60. The van der Waals surface area contributed by atoms with E-state index in [9.17, 15) is 9.59 Å². The summed E-state index contributed by atoms with van der Waals surface area (Å²) in [5.74, 6) is -0.0148. The van der Waals surface area contributed by atoms with Crippen molar-refractivity contribution in [3.05, 3.63) is 51.2 Å². The summed E-state index contributed by atoms with van der Waals surface area (Å²) in [5, 5.41) is 2.73. The molecule has 1 amide bonds. The molecule has 1 N–H and O–H groups in total. The van der Waals surface area contributed by atoms with Crippen LogP contribution in [-0.4, -0.2) is 25.6 Å². The third-order valence-corrected chi connectivity index (χ3v) is 4.80. The van der Waals surface area contributed by atoms with Crippen LogP contribution in [0.25, 0.3) is 0 Å². The molecule has 1 aromatic heterocycles. The van der Waals surface area contributed by atoms with Crippen molar-refractivity contribution in [3.63, 3.8) is 0 Å². The maximum absolute atomic E-state index is 12.1. The van der Waals surface area contributed by atoms with E-state index >= 15 is 0 Å². The van der Waals surface area contributed by atoms with Gasteiger partial charge >= 0.3 is 5.97 Å². The van der Waals surface area contributed by atoms with Gasteiger partial charge in [0.05, 0.1) is 7.11 Å². The summed E-state index contributed by atoms with van der Waals surface area (Å²) in [6.07, 6.45) is 1.97. The quantitative estimate of drug-likeness (QED) is 0.731. The van der Waals surface area contributed by atoms with E-state index < -0.39 is 5.97 Å². The van der Waals surface area contributed by atoms with Crippen LogP contribution in [0.15, 0.2) is 30.3 Å². The third-order valence-electron chi connectivity index (χ3n) is 3.72. The van der Waals surface area contributed by atoms with Crippen molar-refractivity contribution in [2.75, 3.05) is 13.7 Å². The fraction of sp³-hybridized carbons (Fsp3) is 0.368. The number of carbonyl (C=O) groups is 2. The van der Waals surface area contributed by atoms with Gasteiger partial charge in [0.2, 0.25) is 0 Å². The Morgan fingerprint density at radius 3 is 2.56 bits per heavy atom. The lowest BCUT2D eigenvalue weighted by Crippen LogP contribution is -2.28. The van der Waals surface area contributed by atoms with Crippen molar-refractivity contribution in [1.29, 1.82) is 0 Å². The highest BCUT2D eigenvalue weighted by molar-refractivity contribution is 7.14. The molecule has 5 nitrogen and oxygen atoms in total. The molecule has 0 saturated carbocycles. The van der Waals surface area contributed by atoms with Gasteiger partial charge in [0.25, 0.3) is 5.91 Å². The predicted molar refractivity (Wildman–Crippen MR) is 98.2 cm³/mol. The summed E-state index contributed by atoms with van der Waals surface area (Å²) in [7, 11) is 1.60. The number of hydrogen-bond acceptors (Lipinski definition) is 5. The van der Waals surface area contributed by atoms with Crippen LogP contribution >= 0.6 is 11.3 Å². The zero-order valence-electron chi connectivity index (χ0n) is 14.8. The van der Waals surface area contributed by atoms with Crippen LogP contribution in [-0.2, 0) is 22.5 Å². The van der Waals surface area contributed by atoms with Crippen molar-refractivity contribution in [1.82, 2.24) is 5.32 Å². The second-order valence-electron chi connectivity index (χ2n) is 5.64. The average molecular weight is 361 g/mol. The highest BCUT2D eigenvalue weighted by atomic mass is 32.1. The molecule has 0 fully saturated rings. The lowest BCUT2D eigenvalue weighted by Gasteiger charge is -2.07. The van der Waals surface area contributed by atoms with E-state index in [1.54, 1.807) is 7.11 Å². The Morgan fingerprint density at radius 2 is 1.92 bits per heavy atom. The molecule has 1 heterocycles. The summed E-state index contributed by atoms with van der Waals surface area (Å²) in [5.41, 5.74) is 2.11. The first-order chi connectivity index (χ1) is 12.0. The highest BCUT2D eigenvalue weighted by Gasteiger charge is 2.15. The summed E-state index contributed by atoms with van der Waals surface area (Å²) < 4.78 is 10.2. The van der Waals surface area contributed by atoms with Gasteiger partial charge in [-0.1, -0.05) is 25.5 Å². The fourth-order valence-electron chi connectivity index (χ4n) is 2.34. The van der Waals surface area contributed by atoms with Crippen molar-refractivity contribution >= 4 is 23.2 Å². The molecule has 0 unspecified atom stereocenters. The molecular formula is C19H23NO4S. The van der Waals surface area contributed by atoms with Crippen LogP contribution in [0, 0.1) is 6.92 Å². The molecule has 0 atom stereocenters. The number of amides is 1. The van der Waals surface area contributed by atoms with Crippen LogP contribution in [0.4, 0.5) is 0 Å². The second-order valence-corrected chi connectivity index (χ2v) is 6.90. The van der Waals surface area contributed by atoms with Gasteiger partial charge in [-0.3, -0.25) is 4.79 Å². The van der Waals surface area contributed by atoms with Gasteiger partial charge in [0, 0.05) is 11.4 Å². The van der Waals surface area contributed by atoms with Crippen molar-refractivity contribution in [2.45, 2.75) is 33.2 Å². The highest BCUT2D eigenvalue weighted by Crippen LogP contribution is 2.23. The van der Waals surface area contributed by atoms with Gasteiger partial charge < -0.3 is 14.8 Å². The molecule has 0 aliphatic heterocycles. The topological polar surface area (TPSA) is 64.6 Å². The predicted octanol–water partition coefficient (Wildman–Crippen LogP) is 3.49. The summed E-state index contributed by atoms with van der Waals surface area (Å²) in [4.78, 5) is 25.6. The lowest BCUT2D eigenvalue weighted by atomic mass is 10.1. The maximum atomic E-state index is 12.1. The van der Waals surface area contributed by atoms with E-state index in [-0.39, 0.29) is 12.5 Å². The monoisotopic (exact) mass is 361 g/mol. The molecule has 0 spiro atoms. The summed E-state index contributed by atoms with van der Waals surface area (Å²) >= 11 is 1.41. The smallest absolute Gasteiger partial charge is 0.348 e. The minimum Gasteiger partial charge on any atom is -0.497 e. The van der Waals surface area contributed by atoms with Crippen LogP contribution in [0.1, 0.15) is 39.0 Å². The van der Waals surface area contributed by atoms with E-state index in [4.69, 9.17) is 9.47 Å². The largest absolute Gasteiger partial charge is 0.497 e. The van der Waals surface area contributed by atoms with Gasteiger partial charge in [0.1, 0.15) is 10.6 Å². The zero-order valence-corrected chi connectivity index (χ0v) is 15.6. The molecular weight excluding hydrogens is 338 g/mol. The van der Waals surface area contributed by atoms with E-state index in [0.29, 0.717) is 11.4 Å². The van der Waals surface area contributed by atoms with Crippen molar-refractivity contribution < 1.29 is 19.1 Å². The molecule has 0 aliphatic rings. The Morgan fingerprint density at radius 1 is 1.20 bits per heavy atom. The summed E-state index contributed by atoms with van der Waals surface area (Å²) in [6.45, 7) is 4.18. The molecule has 0 saturated heterocycles. The van der Waals surface area contributed by atoms with Gasteiger partial charge in [-0.25, -0.2) is 4.79 Å². The molecule has 0 bridgehead atoms. The van der Waals surface area contributed by atoms with Gasteiger partial charge in [0.15, 0.2) is 6.61 Å². The zero-order chi connectivity index (χ0) is 18.2. The van der Waals surface area contributed by atoms with Gasteiger partial charge in [-0.2, -0.15) is 0 Å². The number of nitrogens with one attached hydrogen (secondary N) is 1. The number of ether oxygens (including phenoxy) is 2. The first-order valence-corrected chi connectivity index (χ1v) is 9.01. The molecule has 2 rings (SSSR count). The molecule has 134 valence electrons. The number of benzene rings is 1. The number of esters is 1. The molecule has 0 radical (unpaired) electrons. The minimum absolute atomic E-state index is 0.283. The van der Waals surface area contributed by atoms with E-state index in [1.807, 2.05) is 37.3 Å². The van der Waals surface area contributed by atoms with Crippen LogP contribution in [0.2, 0.25) is 0 Å². The van der Waals surface area contributed by atoms with Crippen molar-refractivity contribution in [3.8, 4) is 5.75 Å². The second kappa shape index (κ2) is 9.22. The van der Waals surface area contributed by atoms with E-state index in [0.717, 1.165) is 29.0 Å². The summed E-state index contributed by atoms with van der Waals surface area (Å²) in [6, 6.07) is 9.26. The standard InChI is InChI=1S/C19H23NO4S/c1-4-5-15-10-17(25-13(15)2)19(22)24-12-18(21)20-11-14-6-8-16(23-3)9-7-14/h6-10H,4-5,11-12H2,1-3H3,(H,20,21). The normalized spacial score (nSPS) is 10.4. The lowest BCUT2D eigenvalue weighted by molar-refractivity contribution is -0.124. The maximum Gasteiger partial charge on any atom is 0.348 e. The van der Waals surface area contributed by atoms with Crippen LogP contribution in [0.3, 0.4) is 0 Å². The average Bonchev–Trinajstić information content (AvgIpc) is 2.99. The first kappa shape index (κ1) is 19.0. The van der Waals surface area contributed by atoms with Crippen LogP contribution in [0.5, 0.6) is 5.75 Å². The van der Waals surface area contributed by atoms with Gasteiger partial charge in [-0.15, -0.1) is 11.3 Å². The molecule has 0 aliphatic carbocycles. The molecule has 1 aromatic carbocycles. The molecule has 2 aromatic rings. The Bertz CT molecular complexity index is 722. The number of hydrogen-bond donors (Lipinski definition) is 1. The number of methoxy groups -OCH3 is 1. The minimum atomic E-state index is -0.449. The van der Waals surface area contributed by atoms with Crippen LogP contribution < -0.4 is 10.1 Å².